The summed E-state index contributed by atoms with van der Waals surface area (Å²) < 4.78 is 13.6. The molecular formula is C27H22N2O2. The minimum atomic E-state index is -0.262. The molecule has 0 unspecified atom stereocenters. The summed E-state index contributed by atoms with van der Waals surface area (Å²) in [7, 11) is 0. The number of para-hydroxylation sites is 3. The van der Waals surface area contributed by atoms with E-state index in [2.05, 4.69) is 88.7 Å². The zero-order valence-electron chi connectivity index (χ0n) is 17.0. The largest absolute Gasteiger partial charge is 0.354 e. The Labute approximate surface area is 180 Å². The normalized spacial score (nSPS) is 14.5. The number of anilines is 2. The topological polar surface area (TPSA) is 35.4 Å². The lowest BCUT2D eigenvalue weighted by Crippen LogP contribution is -2.00. The number of ether oxygens (including phenoxy) is 2. The van der Waals surface area contributed by atoms with E-state index in [1.54, 1.807) is 0 Å². The molecule has 0 aliphatic carbocycles. The van der Waals surface area contributed by atoms with Gasteiger partial charge in [0.15, 0.2) is 6.29 Å². The summed E-state index contributed by atoms with van der Waals surface area (Å²) in [4.78, 5) is 0. The van der Waals surface area contributed by atoms with Crippen LogP contribution in [0.15, 0.2) is 97.1 Å². The molecule has 0 saturated carbocycles. The zero-order valence-corrected chi connectivity index (χ0v) is 17.0. The van der Waals surface area contributed by atoms with Crippen LogP contribution in [0, 0.1) is 0 Å². The van der Waals surface area contributed by atoms with Gasteiger partial charge in [0.05, 0.1) is 29.9 Å². The number of nitrogens with one attached hydrogen (secondary N) is 1. The zero-order chi connectivity index (χ0) is 20.6. The predicted molar refractivity (Wildman–Crippen MR) is 125 cm³/mol. The van der Waals surface area contributed by atoms with E-state index in [0.717, 1.165) is 28.1 Å². The Morgan fingerprint density at radius 3 is 2.19 bits per heavy atom. The van der Waals surface area contributed by atoms with Crippen LogP contribution >= 0.6 is 0 Å². The lowest BCUT2D eigenvalue weighted by atomic mass is 10.1. The van der Waals surface area contributed by atoms with Crippen LogP contribution in [0.4, 0.5) is 11.4 Å². The van der Waals surface area contributed by atoms with Crippen molar-refractivity contribution in [3.63, 3.8) is 0 Å². The molecule has 6 rings (SSSR count). The second-order valence-electron chi connectivity index (χ2n) is 7.71. The fourth-order valence-electron chi connectivity index (χ4n) is 4.40. The van der Waals surface area contributed by atoms with Crippen molar-refractivity contribution in [3.05, 3.63) is 103 Å². The van der Waals surface area contributed by atoms with Crippen LogP contribution in [0.3, 0.4) is 0 Å². The van der Waals surface area contributed by atoms with Gasteiger partial charge in [-0.25, -0.2) is 0 Å². The summed E-state index contributed by atoms with van der Waals surface area (Å²) in [6, 6.07) is 33.8. The molecule has 5 aromatic rings. The van der Waals surface area contributed by atoms with E-state index in [4.69, 9.17) is 9.47 Å². The molecule has 0 spiro atoms. The molecule has 0 bridgehead atoms. The number of nitrogens with zero attached hydrogens (tertiary/aromatic N) is 1. The van der Waals surface area contributed by atoms with E-state index in [9.17, 15) is 0 Å². The monoisotopic (exact) mass is 406 g/mol. The number of hydrogen-bond donors (Lipinski definition) is 1. The molecule has 152 valence electrons. The van der Waals surface area contributed by atoms with Crippen molar-refractivity contribution in [2.75, 3.05) is 18.5 Å². The third-order valence-corrected chi connectivity index (χ3v) is 5.79. The van der Waals surface area contributed by atoms with Crippen LogP contribution in [0.25, 0.3) is 27.5 Å². The average Bonchev–Trinajstić information content (AvgIpc) is 3.47. The maximum absolute atomic E-state index is 5.66. The van der Waals surface area contributed by atoms with Crippen LogP contribution in [0.5, 0.6) is 0 Å². The van der Waals surface area contributed by atoms with Crippen LogP contribution in [0.1, 0.15) is 11.9 Å². The molecule has 1 saturated heterocycles. The van der Waals surface area contributed by atoms with E-state index < -0.39 is 0 Å². The van der Waals surface area contributed by atoms with Crippen LogP contribution in [0.2, 0.25) is 0 Å². The summed E-state index contributed by atoms with van der Waals surface area (Å²) in [6.45, 7) is 1.29. The van der Waals surface area contributed by atoms with Gasteiger partial charge < -0.3 is 19.4 Å². The van der Waals surface area contributed by atoms with Gasteiger partial charge in [0, 0.05) is 27.7 Å². The van der Waals surface area contributed by atoms with Crippen molar-refractivity contribution in [2.45, 2.75) is 6.29 Å². The predicted octanol–water partition coefficient (Wildman–Crippen LogP) is 6.57. The van der Waals surface area contributed by atoms with Gasteiger partial charge in [0.1, 0.15) is 0 Å². The summed E-state index contributed by atoms with van der Waals surface area (Å²) >= 11 is 0. The van der Waals surface area contributed by atoms with Crippen molar-refractivity contribution in [1.29, 1.82) is 0 Å². The van der Waals surface area contributed by atoms with E-state index in [0.29, 0.717) is 13.2 Å². The van der Waals surface area contributed by atoms with Crippen LogP contribution in [-0.2, 0) is 9.47 Å². The number of benzene rings is 4. The van der Waals surface area contributed by atoms with E-state index in [-0.39, 0.29) is 6.29 Å². The lowest BCUT2D eigenvalue weighted by Gasteiger charge is -2.14. The molecule has 1 aliphatic heterocycles. The SMILES string of the molecule is c1ccc(Nc2cccc3c4ccccc4n(-c4ccc(C5OCCO5)cc4)c23)cc1. The molecular weight excluding hydrogens is 384 g/mol. The van der Waals surface area contributed by atoms with Gasteiger partial charge in [0.25, 0.3) is 0 Å². The maximum atomic E-state index is 5.66. The second-order valence-corrected chi connectivity index (χ2v) is 7.71. The van der Waals surface area contributed by atoms with E-state index in [1.807, 2.05) is 18.2 Å². The summed E-state index contributed by atoms with van der Waals surface area (Å²) in [5.41, 5.74) is 6.64. The van der Waals surface area contributed by atoms with Crippen molar-refractivity contribution in [3.8, 4) is 5.69 Å². The molecule has 1 N–H and O–H groups in total. The molecule has 1 fully saturated rings. The first-order valence-corrected chi connectivity index (χ1v) is 10.6. The maximum Gasteiger partial charge on any atom is 0.184 e. The van der Waals surface area contributed by atoms with Crippen LogP contribution < -0.4 is 5.32 Å². The first-order valence-electron chi connectivity index (χ1n) is 10.6. The van der Waals surface area contributed by atoms with Gasteiger partial charge in [-0.3, -0.25) is 0 Å². The minimum Gasteiger partial charge on any atom is -0.354 e. The molecule has 0 atom stereocenters. The molecule has 0 radical (unpaired) electrons. The van der Waals surface area contributed by atoms with E-state index >= 15 is 0 Å². The van der Waals surface area contributed by atoms with Crippen molar-refractivity contribution < 1.29 is 9.47 Å². The van der Waals surface area contributed by atoms with Gasteiger partial charge in [-0.15, -0.1) is 0 Å². The molecule has 1 aromatic heterocycles. The fraction of sp³-hybridized carbons (Fsp3) is 0.111. The fourth-order valence-corrected chi connectivity index (χ4v) is 4.40. The molecule has 0 amide bonds. The molecule has 4 heteroatoms. The third-order valence-electron chi connectivity index (χ3n) is 5.79. The van der Waals surface area contributed by atoms with Crippen molar-refractivity contribution in [1.82, 2.24) is 4.57 Å². The van der Waals surface area contributed by atoms with Gasteiger partial charge in [-0.05, 0) is 36.4 Å². The Morgan fingerprint density at radius 1 is 0.677 bits per heavy atom. The highest BCUT2D eigenvalue weighted by Gasteiger charge is 2.19. The Morgan fingerprint density at radius 2 is 1.39 bits per heavy atom. The number of hydrogen-bond acceptors (Lipinski definition) is 3. The van der Waals surface area contributed by atoms with Crippen molar-refractivity contribution in [2.24, 2.45) is 0 Å². The quantitative estimate of drug-likeness (QED) is 0.366. The summed E-state index contributed by atoms with van der Waals surface area (Å²) in [5.74, 6) is 0. The smallest absolute Gasteiger partial charge is 0.184 e. The standard InChI is InChI=1S/C27H22N2O2/c1-2-7-20(8-3-1)28-24-11-6-10-23-22-9-4-5-12-25(22)29(26(23)24)21-15-13-19(14-16-21)27-30-17-18-31-27/h1-16,27-28H,17-18H2. The molecule has 1 aliphatic rings. The number of aromatic nitrogens is 1. The van der Waals surface area contributed by atoms with Gasteiger partial charge >= 0.3 is 0 Å². The highest BCUT2D eigenvalue weighted by Crippen LogP contribution is 2.37. The molecule has 4 nitrogen and oxygen atoms in total. The Kier molecular flexibility index (Phi) is 4.45. The molecule has 4 aromatic carbocycles. The second kappa shape index (κ2) is 7.58. The van der Waals surface area contributed by atoms with Gasteiger partial charge in [-0.1, -0.05) is 60.7 Å². The third kappa shape index (κ3) is 3.17. The molecule has 31 heavy (non-hydrogen) atoms. The highest BCUT2D eigenvalue weighted by atomic mass is 16.7. The number of fused-ring (bicyclic) bond motifs is 3. The lowest BCUT2D eigenvalue weighted by molar-refractivity contribution is -0.0441. The van der Waals surface area contributed by atoms with Gasteiger partial charge in [-0.2, -0.15) is 0 Å². The Balaban J connectivity index is 1.55. The van der Waals surface area contributed by atoms with Gasteiger partial charge in [0.2, 0.25) is 0 Å². The van der Waals surface area contributed by atoms with Crippen LogP contribution in [-0.4, -0.2) is 17.8 Å². The molecule has 2 heterocycles. The van der Waals surface area contributed by atoms with Crippen molar-refractivity contribution >= 4 is 33.2 Å². The first-order chi connectivity index (χ1) is 15.4. The highest BCUT2D eigenvalue weighted by molar-refractivity contribution is 6.13. The minimum absolute atomic E-state index is 0.262. The van der Waals surface area contributed by atoms with E-state index in [1.165, 1.54) is 16.3 Å². The summed E-state index contributed by atoms with van der Waals surface area (Å²) in [6.07, 6.45) is -0.262. The Bertz CT molecular complexity index is 1350. The Hall–Kier alpha value is -3.60. The number of rotatable bonds is 4. The average molecular weight is 406 g/mol. The summed E-state index contributed by atoms with van der Waals surface area (Å²) in [5, 5.41) is 6.08. The first kappa shape index (κ1) is 18.2.